The third kappa shape index (κ3) is 2.78. The summed E-state index contributed by atoms with van der Waals surface area (Å²) in [5, 5.41) is 23.0. The molecule has 0 unspecified atom stereocenters. The summed E-state index contributed by atoms with van der Waals surface area (Å²) in [6, 6.07) is 15.3. The van der Waals surface area contributed by atoms with E-state index in [0.717, 1.165) is 16.3 Å². The van der Waals surface area contributed by atoms with Crippen LogP contribution in [0.5, 0.6) is 0 Å². The van der Waals surface area contributed by atoms with E-state index in [2.05, 4.69) is 15.3 Å². The Bertz CT molecular complexity index is 951. The third-order valence-corrected chi connectivity index (χ3v) is 3.48. The van der Waals surface area contributed by atoms with Crippen molar-refractivity contribution in [3.05, 3.63) is 58.4 Å². The number of anilines is 1. The summed E-state index contributed by atoms with van der Waals surface area (Å²) in [7, 11) is 0. The smallest absolute Gasteiger partial charge is 0.270 e. The number of nitriles is 1. The summed E-state index contributed by atoms with van der Waals surface area (Å²) in [5.74, 6) is 0.228. The number of aromatic amines is 1. The molecule has 114 valence electrons. The lowest BCUT2D eigenvalue weighted by Crippen LogP contribution is -2.18. The summed E-state index contributed by atoms with van der Waals surface area (Å²) < 4.78 is 0. The third-order valence-electron chi connectivity index (χ3n) is 3.48. The van der Waals surface area contributed by atoms with Gasteiger partial charge in [-0.15, -0.1) is 0 Å². The number of hydrogen-bond acceptors (Lipinski definition) is 5. The number of fused-ring (bicyclic) bond motifs is 1. The minimum absolute atomic E-state index is 0.0316. The summed E-state index contributed by atoms with van der Waals surface area (Å²) in [6.45, 7) is 0.164. The van der Waals surface area contributed by atoms with Gasteiger partial charge >= 0.3 is 0 Å². The zero-order valence-corrected chi connectivity index (χ0v) is 12.2. The van der Waals surface area contributed by atoms with Crippen LogP contribution in [0.25, 0.3) is 22.0 Å². The summed E-state index contributed by atoms with van der Waals surface area (Å²) in [6.07, 6.45) is 0. The molecule has 23 heavy (non-hydrogen) atoms. The maximum atomic E-state index is 12.1. The lowest BCUT2D eigenvalue weighted by atomic mass is 10.00. The van der Waals surface area contributed by atoms with Gasteiger partial charge < -0.3 is 10.4 Å². The molecule has 0 aliphatic carbocycles. The van der Waals surface area contributed by atoms with E-state index in [9.17, 15) is 10.1 Å². The van der Waals surface area contributed by atoms with Crippen molar-refractivity contribution in [2.24, 2.45) is 0 Å². The number of H-pyrrole nitrogens is 1. The molecule has 3 aromatic rings. The molecule has 6 heteroatoms. The summed E-state index contributed by atoms with van der Waals surface area (Å²) in [4.78, 5) is 19.0. The summed E-state index contributed by atoms with van der Waals surface area (Å²) in [5.41, 5.74) is 0.507. The number of nitrogens with zero attached hydrogens (tertiary/aromatic N) is 2. The molecule has 0 aliphatic rings. The van der Waals surface area contributed by atoms with Gasteiger partial charge in [0.05, 0.1) is 12.3 Å². The predicted octanol–water partition coefficient (Wildman–Crippen LogP) is 1.87. The molecule has 0 saturated carbocycles. The minimum atomic E-state index is -0.508. The van der Waals surface area contributed by atoms with Gasteiger partial charge in [-0.1, -0.05) is 42.5 Å². The minimum Gasteiger partial charge on any atom is -0.395 e. The van der Waals surface area contributed by atoms with Crippen LogP contribution in [-0.2, 0) is 0 Å². The highest BCUT2D eigenvalue weighted by Gasteiger charge is 2.15. The van der Waals surface area contributed by atoms with E-state index in [1.54, 1.807) is 0 Å². The van der Waals surface area contributed by atoms with Crippen LogP contribution < -0.4 is 10.9 Å². The van der Waals surface area contributed by atoms with Crippen molar-refractivity contribution in [3.63, 3.8) is 0 Å². The van der Waals surface area contributed by atoms with E-state index >= 15 is 0 Å². The number of aliphatic hydroxyl groups is 1. The van der Waals surface area contributed by atoms with Crippen molar-refractivity contribution in [3.8, 4) is 17.3 Å². The molecule has 0 saturated heterocycles. The Hall–Kier alpha value is -3.17. The number of aromatic nitrogens is 2. The van der Waals surface area contributed by atoms with Gasteiger partial charge in [0.2, 0.25) is 5.95 Å². The van der Waals surface area contributed by atoms with Gasteiger partial charge in [-0.25, -0.2) is 4.98 Å². The Morgan fingerprint density at radius 2 is 2.00 bits per heavy atom. The van der Waals surface area contributed by atoms with Crippen LogP contribution in [0.3, 0.4) is 0 Å². The monoisotopic (exact) mass is 306 g/mol. The fraction of sp³-hybridized carbons (Fsp3) is 0.118. The van der Waals surface area contributed by atoms with E-state index in [1.165, 1.54) is 0 Å². The first-order valence-corrected chi connectivity index (χ1v) is 7.12. The lowest BCUT2D eigenvalue weighted by molar-refractivity contribution is 0.311. The molecular formula is C17H14N4O2. The maximum Gasteiger partial charge on any atom is 0.270 e. The van der Waals surface area contributed by atoms with Gasteiger partial charge in [0.1, 0.15) is 11.6 Å². The first-order chi connectivity index (χ1) is 11.2. The average Bonchev–Trinajstić information content (AvgIpc) is 2.59. The normalized spacial score (nSPS) is 10.4. The molecule has 6 nitrogen and oxygen atoms in total. The van der Waals surface area contributed by atoms with Crippen LogP contribution in [0.4, 0.5) is 5.95 Å². The fourth-order valence-electron chi connectivity index (χ4n) is 2.46. The molecule has 0 amide bonds. The molecule has 1 aromatic heterocycles. The van der Waals surface area contributed by atoms with E-state index in [0.29, 0.717) is 5.69 Å². The Balaban J connectivity index is 2.27. The fourth-order valence-corrected chi connectivity index (χ4v) is 2.46. The zero-order chi connectivity index (χ0) is 16.2. The van der Waals surface area contributed by atoms with Crippen molar-refractivity contribution in [1.29, 1.82) is 5.26 Å². The van der Waals surface area contributed by atoms with Crippen LogP contribution in [0.2, 0.25) is 0 Å². The van der Waals surface area contributed by atoms with Gasteiger partial charge in [0, 0.05) is 12.1 Å². The highest BCUT2D eigenvalue weighted by molar-refractivity contribution is 5.96. The molecule has 0 atom stereocenters. The molecule has 0 radical (unpaired) electrons. The molecule has 2 aromatic carbocycles. The molecular weight excluding hydrogens is 292 g/mol. The summed E-state index contributed by atoms with van der Waals surface area (Å²) >= 11 is 0. The van der Waals surface area contributed by atoms with Crippen molar-refractivity contribution < 1.29 is 5.11 Å². The first-order valence-electron chi connectivity index (χ1n) is 7.12. The lowest BCUT2D eigenvalue weighted by Gasteiger charge is -2.10. The van der Waals surface area contributed by atoms with Gasteiger partial charge in [-0.3, -0.25) is 9.78 Å². The van der Waals surface area contributed by atoms with Crippen molar-refractivity contribution in [1.82, 2.24) is 9.97 Å². The maximum absolute atomic E-state index is 12.1. The Morgan fingerprint density at radius 1 is 1.22 bits per heavy atom. The number of hydrogen-bond donors (Lipinski definition) is 3. The van der Waals surface area contributed by atoms with Crippen LogP contribution in [0, 0.1) is 11.3 Å². The molecule has 3 N–H and O–H groups in total. The first kappa shape index (κ1) is 14.8. The van der Waals surface area contributed by atoms with Crippen LogP contribution in [0.15, 0.2) is 47.3 Å². The average molecular weight is 306 g/mol. The van der Waals surface area contributed by atoms with E-state index < -0.39 is 5.56 Å². The second kappa shape index (κ2) is 6.30. The molecule has 3 rings (SSSR count). The quantitative estimate of drug-likeness (QED) is 0.683. The largest absolute Gasteiger partial charge is 0.395 e. The number of aliphatic hydroxyl groups excluding tert-OH is 1. The zero-order valence-electron chi connectivity index (χ0n) is 12.2. The Kier molecular flexibility index (Phi) is 4.04. The number of benzene rings is 2. The van der Waals surface area contributed by atoms with Crippen LogP contribution >= 0.6 is 0 Å². The number of nitrogens with one attached hydrogen (secondary N) is 2. The molecule has 0 bridgehead atoms. The van der Waals surface area contributed by atoms with Gasteiger partial charge in [0.25, 0.3) is 5.56 Å². The van der Waals surface area contributed by atoms with Crippen LogP contribution in [-0.4, -0.2) is 28.2 Å². The highest BCUT2D eigenvalue weighted by atomic mass is 16.3. The van der Waals surface area contributed by atoms with Gasteiger partial charge in [-0.2, -0.15) is 5.26 Å². The van der Waals surface area contributed by atoms with E-state index in [-0.39, 0.29) is 24.7 Å². The van der Waals surface area contributed by atoms with Gasteiger partial charge in [0.15, 0.2) is 0 Å². The second-order valence-electron chi connectivity index (χ2n) is 4.93. The van der Waals surface area contributed by atoms with E-state index in [4.69, 9.17) is 5.11 Å². The second-order valence-corrected chi connectivity index (χ2v) is 4.93. The van der Waals surface area contributed by atoms with Crippen molar-refractivity contribution in [2.45, 2.75) is 0 Å². The molecule has 0 fully saturated rings. The number of rotatable bonds is 4. The topological polar surface area (TPSA) is 102 Å². The predicted molar refractivity (Wildman–Crippen MR) is 88.1 cm³/mol. The highest BCUT2D eigenvalue weighted by Crippen LogP contribution is 2.28. The molecule has 1 heterocycles. The van der Waals surface area contributed by atoms with E-state index in [1.807, 2.05) is 48.5 Å². The van der Waals surface area contributed by atoms with Crippen molar-refractivity contribution in [2.75, 3.05) is 18.5 Å². The molecule has 0 spiro atoms. The SMILES string of the molecule is N#Cc1c(-c2cccc3ccccc23)nc(NCCO)[nH]c1=O. The Labute approximate surface area is 132 Å². The van der Waals surface area contributed by atoms with Crippen LogP contribution in [0.1, 0.15) is 5.56 Å². The Morgan fingerprint density at radius 3 is 2.78 bits per heavy atom. The molecule has 0 aliphatic heterocycles. The van der Waals surface area contributed by atoms with Crippen molar-refractivity contribution >= 4 is 16.7 Å². The standard InChI is InChI=1S/C17H14N4O2/c18-10-14-15(20-17(19-8-9-22)21-16(14)23)13-7-3-5-11-4-1-2-6-12(11)13/h1-7,22H,8-9H2,(H2,19,20,21,23). The van der Waals surface area contributed by atoms with Gasteiger partial charge in [-0.05, 0) is 10.8 Å².